The van der Waals surface area contributed by atoms with Gasteiger partial charge < -0.3 is 15.4 Å². The summed E-state index contributed by atoms with van der Waals surface area (Å²) in [6.07, 6.45) is 1.17. The first kappa shape index (κ1) is 23.3. The quantitative estimate of drug-likeness (QED) is 0.485. The van der Waals surface area contributed by atoms with Crippen LogP contribution < -0.4 is 15.4 Å². The summed E-state index contributed by atoms with van der Waals surface area (Å²) in [6, 6.07) is 22.2. The molecule has 3 aromatic rings. The van der Waals surface area contributed by atoms with Gasteiger partial charge in [-0.1, -0.05) is 50.2 Å². The standard InChI is InChI=1S/C25H28N2O4S/c1-18(2)20-9-14-23(24(15-20)32(3,29)30)26-16-25(28)27-21-10-12-22(13-11-21)31-17-19-7-5-4-6-8-19/h4-15,18,26H,16-17H2,1-3H3,(H,27,28). The van der Waals surface area contributed by atoms with Crippen molar-refractivity contribution in [3.8, 4) is 5.75 Å². The van der Waals surface area contributed by atoms with Crippen molar-refractivity contribution in [3.63, 3.8) is 0 Å². The average molecular weight is 453 g/mol. The summed E-state index contributed by atoms with van der Waals surface area (Å²) in [5.74, 6) is 0.621. The van der Waals surface area contributed by atoms with Crippen LogP contribution in [0.3, 0.4) is 0 Å². The number of anilines is 2. The van der Waals surface area contributed by atoms with Crippen LogP contribution in [0.4, 0.5) is 11.4 Å². The molecule has 1 amide bonds. The van der Waals surface area contributed by atoms with Crippen LogP contribution in [-0.2, 0) is 21.2 Å². The first-order chi connectivity index (χ1) is 15.2. The molecule has 2 N–H and O–H groups in total. The van der Waals surface area contributed by atoms with Crippen LogP contribution in [0.1, 0.15) is 30.9 Å². The average Bonchev–Trinajstić information content (AvgIpc) is 2.77. The van der Waals surface area contributed by atoms with Crippen molar-refractivity contribution >= 4 is 27.1 Å². The highest BCUT2D eigenvalue weighted by Gasteiger charge is 2.16. The largest absolute Gasteiger partial charge is 0.489 e. The third-order valence-corrected chi connectivity index (χ3v) is 6.03. The predicted octanol–water partition coefficient (Wildman–Crippen LogP) is 4.84. The van der Waals surface area contributed by atoms with Crippen molar-refractivity contribution in [2.75, 3.05) is 23.4 Å². The molecule has 0 aliphatic heterocycles. The van der Waals surface area contributed by atoms with Crippen LogP contribution in [0.5, 0.6) is 5.75 Å². The molecule has 3 rings (SSSR count). The van der Waals surface area contributed by atoms with E-state index in [2.05, 4.69) is 10.6 Å². The number of sulfone groups is 1. The molecule has 32 heavy (non-hydrogen) atoms. The summed E-state index contributed by atoms with van der Waals surface area (Å²) in [6.45, 7) is 4.41. The van der Waals surface area contributed by atoms with Crippen molar-refractivity contribution in [2.45, 2.75) is 31.3 Å². The predicted molar refractivity (Wildman–Crippen MR) is 128 cm³/mol. The fraction of sp³-hybridized carbons (Fsp3) is 0.240. The van der Waals surface area contributed by atoms with E-state index in [9.17, 15) is 13.2 Å². The van der Waals surface area contributed by atoms with E-state index in [0.29, 0.717) is 23.7 Å². The molecule has 0 bridgehead atoms. The zero-order chi connectivity index (χ0) is 23.1. The van der Waals surface area contributed by atoms with Gasteiger partial charge in [-0.25, -0.2) is 8.42 Å². The first-order valence-corrected chi connectivity index (χ1v) is 12.3. The maximum atomic E-state index is 12.4. The van der Waals surface area contributed by atoms with Gasteiger partial charge in [-0.3, -0.25) is 4.79 Å². The lowest BCUT2D eigenvalue weighted by molar-refractivity contribution is -0.114. The molecule has 0 heterocycles. The maximum absolute atomic E-state index is 12.4. The van der Waals surface area contributed by atoms with E-state index in [4.69, 9.17) is 4.74 Å². The summed E-state index contributed by atoms with van der Waals surface area (Å²) in [5, 5.41) is 5.73. The second kappa shape index (κ2) is 10.3. The Morgan fingerprint density at radius 2 is 1.66 bits per heavy atom. The zero-order valence-electron chi connectivity index (χ0n) is 18.5. The fourth-order valence-electron chi connectivity index (χ4n) is 3.11. The number of hydrogen-bond donors (Lipinski definition) is 2. The van der Waals surface area contributed by atoms with E-state index in [1.54, 1.807) is 36.4 Å². The summed E-state index contributed by atoms with van der Waals surface area (Å²) in [5.41, 5.74) is 3.04. The normalized spacial score (nSPS) is 11.2. The third-order valence-electron chi connectivity index (χ3n) is 4.90. The molecule has 0 saturated heterocycles. The Kier molecular flexibility index (Phi) is 7.53. The van der Waals surface area contributed by atoms with E-state index < -0.39 is 9.84 Å². The minimum absolute atomic E-state index is 0.0597. The Bertz CT molecular complexity index is 1160. The lowest BCUT2D eigenvalue weighted by Crippen LogP contribution is -2.22. The highest BCUT2D eigenvalue weighted by Crippen LogP contribution is 2.26. The molecule has 0 radical (unpaired) electrons. The van der Waals surface area contributed by atoms with Crippen LogP contribution >= 0.6 is 0 Å². The number of ether oxygens (including phenoxy) is 1. The molecule has 6 nitrogen and oxygen atoms in total. The smallest absolute Gasteiger partial charge is 0.243 e. The monoisotopic (exact) mass is 452 g/mol. The molecular formula is C25H28N2O4S. The molecule has 0 atom stereocenters. The number of hydrogen-bond acceptors (Lipinski definition) is 5. The van der Waals surface area contributed by atoms with Crippen LogP contribution in [-0.4, -0.2) is 27.1 Å². The van der Waals surface area contributed by atoms with Crippen molar-refractivity contribution in [1.82, 2.24) is 0 Å². The van der Waals surface area contributed by atoms with Gasteiger partial charge in [0.15, 0.2) is 9.84 Å². The lowest BCUT2D eigenvalue weighted by Gasteiger charge is -2.14. The molecule has 7 heteroatoms. The van der Waals surface area contributed by atoms with Crippen LogP contribution in [0.25, 0.3) is 0 Å². The fourth-order valence-corrected chi connectivity index (χ4v) is 4.00. The van der Waals surface area contributed by atoms with E-state index >= 15 is 0 Å². The van der Waals surface area contributed by atoms with Crippen LogP contribution in [0.2, 0.25) is 0 Å². The molecule has 0 fully saturated rings. The molecule has 168 valence electrons. The van der Waals surface area contributed by atoms with Crippen LogP contribution in [0, 0.1) is 0 Å². The van der Waals surface area contributed by atoms with Gasteiger partial charge in [0.25, 0.3) is 0 Å². The Balaban J connectivity index is 1.57. The number of nitrogens with one attached hydrogen (secondary N) is 2. The van der Waals surface area contributed by atoms with Crippen molar-refractivity contribution in [2.24, 2.45) is 0 Å². The van der Waals surface area contributed by atoms with Gasteiger partial charge >= 0.3 is 0 Å². The van der Waals surface area contributed by atoms with Crippen LogP contribution in [0.15, 0.2) is 77.7 Å². The number of amides is 1. The SMILES string of the molecule is CC(C)c1ccc(NCC(=O)Nc2ccc(OCc3ccccc3)cc2)c(S(C)(=O)=O)c1. The van der Waals surface area contributed by atoms with Gasteiger partial charge in [-0.2, -0.15) is 0 Å². The Morgan fingerprint density at radius 1 is 0.969 bits per heavy atom. The van der Waals surface area contributed by atoms with E-state index in [1.165, 1.54) is 6.26 Å². The van der Waals surface area contributed by atoms with Gasteiger partial charge in [-0.15, -0.1) is 0 Å². The van der Waals surface area contributed by atoms with Gasteiger partial charge in [0, 0.05) is 11.9 Å². The third kappa shape index (κ3) is 6.59. The maximum Gasteiger partial charge on any atom is 0.243 e. The molecule has 0 saturated carbocycles. The van der Waals surface area contributed by atoms with Gasteiger partial charge in [0.2, 0.25) is 5.91 Å². The number of carbonyl (C=O) groups is 1. The minimum atomic E-state index is -3.43. The van der Waals surface area contributed by atoms with E-state index in [0.717, 1.165) is 11.1 Å². The molecular weight excluding hydrogens is 424 g/mol. The molecule has 0 aliphatic rings. The highest BCUT2D eigenvalue weighted by atomic mass is 32.2. The summed E-state index contributed by atoms with van der Waals surface area (Å²) >= 11 is 0. The summed E-state index contributed by atoms with van der Waals surface area (Å²) < 4.78 is 30.1. The topological polar surface area (TPSA) is 84.5 Å². The van der Waals surface area contributed by atoms with Crippen molar-refractivity contribution in [3.05, 3.63) is 83.9 Å². The minimum Gasteiger partial charge on any atom is -0.489 e. The van der Waals surface area contributed by atoms with Gasteiger partial charge in [0.1, 0.15) is 12.4 Å². The Labute approximate surface area is 189 Å². The number of carbonyl (C=O) groups excluding carboxylic acids is 1. The zero-order valence-corrected chi connectivity index (χ0v) is 19.3. The number of rotatable bonds is 9. The van der Waals surface area contributed by atoms with E-state index in [1.807, 2.05) is 50.2 Å². The second-order valence-corrected chi connectivity index (χ2v) is 9.87. The van der Waals surface area contributed by atoms with Gasteiger partial charge in [0.05, 0.1) is 17.1 Å². The van der Waals surface area contributed by atoms with Crippen molar-refractivity contribution < 1.29 is 17.9 Å². The lowest BCUT2D eigenvalue weighted by atomic mass is 10.0. The molecule has 0 aliphatic carbocycles. The summed E-state index contributed by atoms with van der Waals surface area (Å²) in [7, 11) is -3.43. The van der Waals surface area contributed by atoms with Gasteiger partial charge in [-0.05, 0) is 53.4 Å². The molecule has 0 aromatic heterocycles. The first-order valence-electron chi connectivity index (χ1n) is 10.4. The second-order valence-electron chi connectivity index (χ2n) is 7.88. The molecule has 0 unspecified atom stereocenters. The molecule has 0 spiro atoms. The molecule has 3 aromatic carbocycles. The Morgan fingerprint density at radius 3 is 2.28 bits per heavy atom. The number of benzene rings is 3. The van der Waals surface area contributed by atoms with Crippen molar-refractivity contribution in [1.29, 1.82) is 0 Å². The Hall–Kier alpha value is -3.32. The summed E-state index contributed by atoms with van der Waals surface area (Å²) in [4.78, 5) is 12.6. The van der Waals surface area contributed by atoms with E-state index in [-0.39, 0.29) is 23.3 Å². The highest BCUT2D eigenvalue weighted by molar-refractivity contribution is 7.90.